The molecule has 24 heteroatoms. The van der Waals surface area contributed by atoms with Crippen molar-refractivity contribution < 1.29 is 72.7 Å². The van der Waals surface area contributed by atoms with E-state index in [-0.39, 0.29) is 63.8 Å². The van der Waals surface area contributed by atoms with Crippen LogP contribution in [0, 0.1) is 3.57 Å². The minimum atomic E-state index is -1.53. The third-order valence-electron chi connectivity index (χ3n) is 11.4. The molecular formula is C52H85IN8O15. The molecule has 4 amide bonds. The number of rotatable bonds is 27. The minimum absolute atomic E-state index is 0.00531. The lowest BCUT2D eigenvalue weighted by molar-refractivity contribution is -0.158. The molecule has 0 unspecified atom stereocenters. The topological polar surface area (TPSA) is 294 Å². The third-order valence-corrected chi connectivity index (χ3v) is 12.1. The van der Waals surface area contributed by atoms with Crippen molar-refractivity contribution in [3.8, 4) is 0 Å². The van der Waals surface area contributed by atoms with Gasteiger partial charge in [0, 0.05) is 88.4 Å². The van der Waals surface area contributed by atoms with Gasteiger partial charge in [-0.05, 0) is 141 Å². The van der Waals surface area contributed by atoms with Crippen LogP contribution in [0.3, 0.4) is 0 Å². The van der Waals surface area contributed by atoms with Crippen LogP contribution in [0.2, 0.25) is 0 Å². The predicted molar refractivity (Wildman–Crippen MR) is 290 cm³/mol. The first-order chi connectivity index (χ1) is 35.4. The van der Waals surface area contributed by atoms with E-state index in [1.54, 1.807) is 67.2 Å². The van der Waals surface area contributed by atoms with E-state index in [1.807, 2.05) is 43.9 Å². The number of halogens is 1. The number of benzene rings is 1. The van der Waals surface area contributed by atoms with Crippen LogP contribution in [0.4, 0.5) is 4.79 Å². The second-order valence-electron chi connectivity index (χ2n) is 21.9. The molecule has 0 aliphatic carbocycles. The van der Waals surface area contributed by atoms with Gasteiger partial charge in [-0.15, -0.1) is 0 Å². The summed E-state index contributed by atoms with van der Waals surface area (Å²) in [5, 5.41) is 35.4. The van der Waals surface area contributed by atoms with Crippen LogP contribution in [0.15, 0.2) is 24.3 Å². The van der Waals surface area contributed by atoms with E-state index in [9.17, 15) is 53.4 Å². The zero-order chi connectivity index (χ0) is 57.2. The van der Waals surface area contributed by atoms with Crippen molar-refractivity contribution in [1.29, 1.82) is 0 Å². The lowest BCUT2D eigenvalue weighted by Crippen LogP contribution is -2.51. The number of carboxylic acid groups (broad SMARTS) is 3. The standard InChI is InChI=1S/C52H85IN8O15/c1-50(2,3)74-44(66)34-58-26-24-57(25-27-59(35-45(67)75-51(4,5)6)29-31-60(30-28-58)36-46(68)76-52(7,8)9)33-41(62)54-22-12-10-15-42(63)61(32-37-16-18-38(53)19-17-37)23-13-11-14-39(47(69)70)55-49(73)56-40(48(71)72)20-21-43(64)65/h16-19,39-40H,10-15,20-36H2,1-9H3,(H,54,62)(H,64,65)(H,69,70)(H,71,72)(H2,55,56,73)/t39-,40-/m0/s1. The number of unbranched alkanes of at least 4 members (excludes halogenated alkanes) is 2. The van der Waals surface area contributed by atoms with Gasteiger partial charge in [-0.2, -0.15) is 0 Å². The number of urea groups is 1. The SMILES string of the molecule is CC(C)(C)OC(=O)CN1CCN(CC(=O)NCCCCC(=O)N(CCCC[C@H](NC(=O)N[C@@H](CCC(=O)O)C(=O)O)C(=O)O)Cc2ccc(I)cc2)CCN(CC(=O)OC(C)(C)C)CCN(CC(=O)OC(C)(C)C)CC1. The first-order valence-electron chi connectivity index (χ1n) is 25.9. The Hall–Kier alpha value is -5.18. The van der Waals surface area contributed by atoms with Crippen molar-refractivity contribution in [2.45, 2.75) is 149 Å². The van der Waals surface area contributed by atoms with E-state index in [0.717, 1.165) is 9.13 Å². The number of hydrogen-bond donors (Lipinski definition) is 6. The molecule has 76 heavy (non-hydrogen) atoms. The summed E-state index contributed by atoms with van der Waals surface area (Å²) in [4.78, 5) is 123. The molecule has 0 radical (unpaired) electrons. The molecule has 0 bridgehead atoms. The number of aliphatic carboxylic acids is 3. The summed E-state index contributed by atoms with van der Waals surface area (Å²) in [5.74, 6) is -5.65. The molecule has 2 rings (SSSR count). The Labute approximate surface area is 461 Å². The summed E-state index contributed by atoms with van der Waals surface area (Å²) >= 11 is 2.19. The summed E-state index contributed by atoms with van der Waals surface area (Å²) in [7, 11) is 0. The summed E-state index contributed by atoms with van der Waals surface area (Å²) in [6.45, 7) is 20.2. The number of nitrogens with zero attached hydrogens (tertiary/aromatic N) is 5. The molecule has 1 saturated heterocycles. The van der Waals surface area contributed by atoms with Gasteiger partial charge in [0.25, 0.3) is 0 Å². The normalized spacial score (nSPS) is 15.7. The monoisotopic (exact) mass is 1190 g/mol. The minimum Gasteiger partial charge on any atom is -0.481 e. The van der Waals surface area contributed by atoms with Crippen LogP contribution >= 0.6 is 22.6 Å². The first-order valence-corrected chi connectivity index (χ1v) is 27.0. The van der Waals surface area contributed by atoms with E-state index in [2.05, 4.69) is 38.5 Å². The summed E-state index contributed by atoms with van der Waals surface area (Å²) in [6, 6.07) is 3.71. The van der Waals surface area contributed by atoms with E-state index in [4.69, 9.17) is 19.3 Å². The maximum atomic E-state index is 13.7. The molecule has 1 aliphatic heterocycles. The fourth-order valence-electron chi connectivity index (χ4n) is 7.82. The van der Waals surface area contributed by atoms with Crippen molar-refractivity contribution in [2.75, 3.05) is 91.6 Å². The van der Waals surface area contributed by atoms with E-state index < -0.39 is 83.6 Å². The highest BCUT2D eigenvalue weighted by Gasteiger charge is 2.28. The number of carbonyl (C=O) groups excluding carboxylic acids is 6. The number of carbonyl (C=O) groups is 9. The third kappa shape index (κ3) is 31.8. The summed E-state index contributed by atoms with van der Waals surface area (Å²) in [5.41, 5.74) is -1.20. The molecule has 0 aromatic heterocycles. The Morgan fingerprint density at radius 2 is 0.974 bits per heavy atom. The molecule has 0 spiro atoms. The van der Waals surface area contributed by atoms with Crippen LogP contribution in [0.1, 0.15) is 119 Å². The molecule has 1 fully saturated rings. The highest BCUT2D eigenvalue weighted by Crippen LogP contribution is 2.15. The zero-order valence-electron chi connectivity index (χ0n) is 46.1. The van der Waals surface area contributed by atoms with Gasteiger partial charge in [-0.1, -0.05) is 12.1 Å². The number of nitrogens with one attached hydrogen (secondary N) is 3. The summed E-state index contributed by atoms with van der Waals surface area (Å²) in [6.07, 6.45) is 0.869. The molecule has 1 aromatic carbocycles. The number of carboxylic acids is 3. The summed E-state index contributed by atoms with van der Waals surface area (Å²) < 4.78 is 18.0. The van der Waals surface area contributed by atoms with Crippen LogP contribution in [0.5, 0.6) is 0 Å². The Bertz CT molecular complexity index is 2010. The molecule has 6 N–H and O–H groups in total. The van der Waals surface area contributed by atoms with Gasteiger partial charge in [0.1, 0.15) is 28.9 Å². The molecule has 2 atom stereocenters. The number of ether oxygens (including phenoxy) is 3. The van der Waals surface area contributed by atoms with Crippen molar-refractivity contribution in [3.63, 3.8) is 0 Å². The van der Waals surface area contributed by atoms with Gasteiger partial charge in [-0.3, -0.25) is 48.4 Å². The number of hydrogen-bond acceptors (Lipinski definition) is 16. The van der Waals surface area contributed by atoms with Gasteiger partial charge in [0.05, 0.1) is 26.2 Å². The molecule has 1 aliphatic rings. The van der Waals surface area contributed by atoms with Crippen molar-refractivity contribution in [1.82, 2.24) is 40.4 Å². The predicted octanol–water partition coefficient (Wildman–Crippen LogP) is 3.39. The van der Waals surface area contributed by atoms with Crippen LogP contribution in [0.25, 0.3) is 0 Å². The van der Waals surface area contributed by atoms with Crippen LogP contribution in [-0.4, -0.2) is 214 Å². The molecule has 1 heterocycles. The molecule has 23 nitrogen and oxygen atoms in total. The highest BCUT2D eigenvalue weighted by molar-refractivity contribution is 14.1. The molecule has 1 aromatic rings. The quantitative estimate of drug-likeness (QED) is 0.0318. The van der Waals surface area contributed by atoms with Crippen LogP contribution < -0.4 is 16.0 Å². The lowest BCUT2D eigenvalue weighted by atomic mass is 10.1. The van der Waals surface area contributed by atoms with Crippen molar-refractivity contribution in [2.24, 2.45) is 0 Å². The van der Waals surface area contributed by atoms with E-state index in [1.165, 1.54) is 0 Å². The fourth-order valence-corrected chi connectivity index (χ4v) is 8.18. The second kappa shape index (κ2) is 33.2. The fraction of sp³-hybridized carbons (Fsp3) is 0.712. The van der Waals surface area contributed by atoms with Crippen molar-refractivity contribution in [3.05, 3.63) is 33.4 Å². The van der Waals surface area contributed by atoms with Gasteiger partial charge in [0.15, 0.2) is 0 Å². The Kier molecular flexibility index (Phi) is 29.2. The van der Waals surface area contributed by atoms with Gasteiger partial charge >= 0.3 is 41.8 Å². The maximum absolute atomic E-state index is 13.7. The zero-order valence-corrected chi connectivity index (χ0v) is 48.2. The second-order valence-corrected chi connectivity index (χ2v) is 23.2. The van der Waals surface area contributed by atoms with E-state index >= 15 is 0 Å². The molecule has 0 saturated carbocycles. The van der Waals surface area contributed by atoms with Crippen LogP contribution in [-0.2, 0) is 59.1 Å². The average Bonchev–Trinajstić information content (AvgIpc) is 3.27. The Morgan fingerprint density at radius 1 is 0.566 bits per heavy atom. The van der Waals surface area contributed by atoms with E-state index in [0.29, 0.717) is 84.7 Å². The Balaban J connectivity index is 2.12. The molecule has 430 valence electrons. The number of amides is 4. The average molecular weight is 1190 g/mol. The maximum Gasteiger partial charge on any atom is 0.326 e. The van der Waals surface area contributed by atoms with Crippen molar-refractivity contribution >= 4 is 76.3 Å². The van der Waals surface area contributed by atoms with Gasteiger partial charge in [0.2, 0.25) is 11.8 Å². The number of esters is 3. The first kappa shape index (κ1) is 66.9. The van der Waals surface area contributed by atoms with Gasteiger partial charge < -0.3 is 50.4 Å². The van der Waals surface area contributed by atoms with Gasteiger partial charge in [-0.25, -0.2) is 14.4 Å². The Morgan fingerprint density at radius 3 is 1.37 bits per heavy atom. The highest BCUT2D eigenvalue weighted by atomic mass is 127. The molecular weight excluding hydrogens is 1100 g/mol. The smallest absolute Gasteiger partial charge is 0.326 e. The lowest BCUT2D eigenvalue weighted by Gasteiger charge is -2.34. The largest absolute Gasteiger partial charge is 0.481 e.